The van der Waals surface area contributed by atoms with Gasteiger partial charge in [-0.2, -0.15) is 0 Å². The summed E-state index contributed by atoms with van der Waals surface area (Å²) in [4.78, 5) is 4.09. The zero-order chi connectivity index (χ0) is 14.7. The number of nitrogens with zero attached hydrogens (tertiary/aromatic N) is 1. The van der Waals surface area contributed by atoms with E-state index in [4.69, 9.17) is 4.74 Å². The standard InChI is InChI=1S/C18H22N2O/c1-3-5-16(19-2)14-7-8-15-13(12-14)9-11-21-18(15)17-6-4-10-20-17/h3,5,7-8,12,17-18,20H,1-2,4,6,9-11H2/b16-5-. The predicted molar refractivity (Wildman–Crippen MR) is 87.6 cm³/mol. The van der Waals surface area contributed by atoms with Crippen molar-refractivity contribution in [1.29, 1.82) is 0 Å². The van der Waals surface area contributed by atoms with Crippen molar-refractivity contribution < 1.29 is 4.74 Å². The molecule has 0 spiro atoms. The topological polar surface area (TPSA) is 33.6 Å². The number of allylic oxidation sites excluding steroid dienone is 2. The third-order valence-corrected chi connectivity index (χ3v) is 4.32. The quantitative estimate of drug-likeness (QED) is 0.679. The Hall–Kier alpha value is -1.71. The van der Waals surface area contributed by atoms with Crippen molar-refractivity contribution in [3.8, 4) is 0 Å². The first-order valence-electron chi connectivity index (χ1n) is 7.61. The van der Waals surface area contributed by atoms with E-state index in [1.54, 1.807) is 6.08 Å². The third-order valence-electron chi connectivity index (χ3n) is 4.32. The average molecular weight is 282 g/mol. The molecule has 3 heteroatoms. The van der Waals surface area contributed by atoms with Crippen LogP contribution in [0.15, 0.2) is 41.9 Å². The van der Waals surface area contributed by atoms with Gasteiger partial charge in [0.05, 0.1) is 18.4 Å². The second-order valence-electron chi connectivity index (χ2n) is 5.60. The normalized spacial score (nSPS) is 25.4. The van der Waals surface area contributed by atoms with Gasteiger partial charge in [0.2, 0.25) is 0 Å². The molecule has 1 saturated heterocycles. The van der Waals surface area contributed by atoms with E-state index in [1.807, 2.05) is 6.08 Å². The lowest BCUT2D eigenvalue weighted by Gasteiger charge is -2.31. The van der Waals surface area contributed by atoms with Crippen molar-refractivity contribution in [2.45, 2.75) is 31.4 Å². The van der Waals surface area contributed by atoms with E-state index in [9.17, 15) is 0 Å². The van der Waals surface area contributed by atoms with Gasteiger partial charge in [-0.15, -0.1) is 0 Å². The molecule has 2 aliphatic rings. The second kappa shape index (κ2) is 6.37. The Morgan fingerprint density at radius 1 is 1.43 bits per heavy atom. The van der Waals surface area contributed by atoms with Crippen LogP contribution in [0.5, 0.6) is 0 Å². The first kappa shape index (κ1) is 14.2. The highest BCUT2D eigenvalue weighted by molar-refractivity contribution is 5.70. The zero-order valence-corrected chi connectivity index (χ0v) is 12.3. The van der Waals surface area contributed by atoms with Crippen LogP contribution in [0.3, 0.4) is 0 Å². The fourth-order valence-corrected chi connectivity index (χ4v) is 3.30. The molecule has 0 amide bonds. The first-order chi connectivity index (χ1) is 10.3. The van der Waals surface area contributed by atoms with E-state index < -0.39 is 0 Å². The maximum atomic E-state index is 6.03. The highest BCUT2D eigenvalue weighted by Crippen LogP contribution is 2.34. The van der Waals surface area contributed by atoms with Gasteiger partial charge in [0.25, 0.3) is 0 Å². The summed E-state index contributed by atoms with van der Waals surface area (Å²) in [6, 6.07) is 6.98. The van der Waals surface area contributed by atoms with Gasteiger partial charge in [-0.05, 0) is 55.8 Å². The Kier molecular flexibility index (Phi) is 4.32. The molecule has 0 aromatic heterocycles. The van der Waals surface area contributed by atoms with E-state index in [0.717, 1.165) is 30.8 Å². The number of ether oxygens (including phenoxy) is 1. The van der Waals surface area contributed by atoms with E-state index >= 15 is 0 Å². The van der Waals surface area contributed by atoms with Crippen LogP contribution in [0, 0.1) is 0 Å². The zero-order valence-electron chi connectivity index (χ0n) is 12.3. The SMILES string of the molecule is C=C/C=C(\N=C)c1ccc2c(c1)CCOC2C1CCCN1. The summed E-state index contributed by atoms with van der Waals surface area (Å²) in [5, 5.41) is 3.56. The number of hydrogen-bond acceptors (Lipinski definition) is 3. The Balaban J connectivity index is 1.93. The van der Waals surface area contributed by atoms with Crippen LogP contribution in [0.25, 0.3) is 5.70 Å². The van der Waals surface area contributed by atoms with Gasteiger partial charge in [-0.1, -0.05) is 24.8 Å². The predicted octanol–water partition coefficient (Wildman–Crippen LogP) is 3.28. The van der Waals surface area contributed by atoms with Gasteiger partial charge < -0.3 is 10.1 Å². The smallest absolute Gasteiger partial charge is 0.0980 e. The Bertz CT molecular complexity index is 571. The van der Waals surface area contributed by atoms with Crippen molar-refractivity contribution in [3.05, 3.63) is 53.6 Å². The molecule has 21 heavy (non-hydrogen) atoms. The number of aliphatic imine (C=N–C) groups is 1. The summed E-state index contributed by atoms with van der Waals surface area (Å²) in [5.41, 5.74) is 4.67. The van der Waals surface area contributed by atoms with Crippen LogP contribution in [-0.4, -0.2) is 25.9 Å². The maximum Gasteiger partial charge on any atom is 0.0980 e. The van der Waals surface area contributed by atoms with Crippen molar-refractivity contribution in [1.82, 2.24) is 5.32 Å². The van der Waals surface area contributed by atoms with E-state index in [0.29, 0.717) is 6.04 Å². The van der Waals surface area contributed by atoms with Gasteiger partial charge >= 0.3 is 0 Å². The third kappa shape index (κ3) is 2.85. The molecule has 2 unspecified atom stereocenters. The number of rotatable bonds is 4. The van der Waals surface area contributed by atoms with Gasteiger partial charge in [0, 0.05) is 11.6 Å². The summed E-state index contributed by atoms with van der Waals surface area (Å²) < 4.78 is 6.03. The molecule has 0 saturated carbocycles. The minimum atomic E-state index is 0.189. The molecule has 0 bridgehead atoms. The molecule has 0 radical (unpaired) electrons. The van der Waals surface area contributed by atoms with E-state index in [-0.39, 0.29) is 6.10 Å². The minimum absolute atomic E-state index is 0.189. The summed E-state index contributed by atoms with van der Waals surface area (Å²) in [7, 11) is 0. The fourth-order valence-electron chi connectivity index (χ4n) is 3.30. The number of benzene rings is 1. The number of nitrogens with one attached hydrogen (secondary N) is 1. The van der Waals surface area contributed by atoms with E-state index in [2.05, 4.69) is 41.8 Å². The molecule has 0 aliphatic carbocycles. The molecule has 3 nitrogen and oxygen atoms in total. The van der Waals surface area contributed by atoms with Crippen molar-refractivity contribution in [3.63, 3.8) is 0 Å². The van der Waals surface area contributed by atoms with Crippen LogP contribution in [0.4, 0.5) is 0 Å². The van der Waals surface area contributed by atoms with Gasteiger partial charge in [-0.3, -0.25) is 4.99 Å². The molecule has 1 aromatic carbocycles. The second-order valence-corrected chi connectivity index (χ2v) is 5.60. The minimum Gasteiger partial charge on any atom is -0.372 e. The Morgan fingerprint density at radius 2 is 2.33 bits per heavy atom. The van der Waals surface area contributed by atoms with Crippen LogP contribution in [0.1, 0.15) is 35.6 Å². The highest BCUT2D eigenvalue weighted by Gasteiger charge is 2.30. The van der Waals surface area contributed by atoms with Crippen molar-refractivity contribution in [2.75, 3.05) is 13.2 Å². The monoisotopic (exact) mass is 282 g/mol. The number of fused-ring (bicyclic) bond motifs is 1. The lowest BCUT2D eigenvalue weighted by Crippen LogP contribution is -2.33. The summed E-state index contributed by atoms with van der Waals surface area (Å²) in [6.45, 7) is 9.27. The van der Waals surface area contributed by atoms with Crippen LogP contribution < -0.4 is 5.32 Å². The van der Waals surface area contributed by atoms with Gasteiger partial charge in [-0.25, -0.2) is 0 Å². The molecule has 1 N–H and O–H groups in total. The van der Waals surface area contributed by atoms with Crippen LogP contribution in [-0.2, 0) is 11.2 Å². The summed E-state index contributed by atoms with van der Waals surface area (Å²) >= 11 is 0. The molecule has 1 aromatic rings. The van der Waals surface area contributed by atoms with Gasteiger partial charge in [0.15, 0.2) is 0 Å². The molecule has 2 atom stereocenters. The molecule has 3 rings (SSSR count). The molecule has 2 aliphatic heterocycles. The number of hydrogen-bond donors (Lipinski definition) is 1. The molecular weight excluding hydrogens is 260 g/mol. The molecular formula is C18H22N2O. The molecule has 2 heterocycles. The average Bonchev–Trinajstić information content (AvgIpc) is 3.05. The maximum absolute atomic E-state index is 6.03. The van der Waals surface area contributed by atoms with Crippen LogP contribution in [0.2, 0.25) is 0 Å². The van der Waals surface area contributed by atoms with Gasteiger partial charge in [0.1, 0.15) is 0 Å². The Labute approximate surface area is 126 Å². The summed E-state index contributed by atoms with van der Waals surface area (Å²) in [6.07, 6.45) is 7.23. The lowest BCUT2D eigenvalue weighted by atomic mass is 9.90. The fraction of sp³-hybridized carbons (Fsp3) is 0.389. The lowest BCUT2D eigenvalue weighted by molar-refractivity contribution is 0.0199. The highest BCUT2D eigenvalue weighted by atomic mass is 16.5. The first-order valence-corrected chi connectivity index (χ1v) is 7.61. The largest absolute Gasteiger partial charge is 0.372 e. The molecule has 1 fully saturated rings. The van der Waals surface area contributed by atoms with Crippen molar-refractivity contribution in [2.24, 2.45) is 4.99 Å². The molecule has 110 valence electrons. The Morgan fingerprint density at radius 3 is 3.05 bits per heavy atom. The van der Waals surface area contributed by atoms with Crippen molar-refractivity contribution >= 4 is 12.4 Å². The van der Waals surface area contributed by atoms with E-state index in [1.165, 1.54) is 24.0 Å². The van der Waals surface area contributed by atoms with Crippen LogP contribution >= 0.6 is 0 Å². The summed E-state index contributed by atoms with van der Waals surface area (Å²) in [5.74, 6) is 0.